The molecule has 2 amide bonds. The van der Waals surface area contributed by atoms with Crippen LogP contribution in [-0.4, -0.2) is 46.9 Å². The zero-order chi connectivity index (χ0) is 20.8. The third-order valence-electron chi connectivity index (χ3n) is 3.98. The lowest BCUT2D eigenvalue weighted by Crippen LogP contribution is -2.24. The van der Waals surface area contributed by atoms with E-state index in [4.69, 9.17) is 0 Å². The number of benzene rings is 1. The number of likely N-dealkylation sites (N-methyl/N-ethyl adjacent to an activating group) is 1. The largest absolute Gasteiger partial charge is 0.294 e. The molecule has 0 N–H and O–H groups in total. The van der Waals surface area contributed by atoms with Crippen molar-refractivity contribution in [2.24, 2.45) is 0 Å². The van der Waals surface area contributed by atoms with Crippen LogP contribution in [0.25, 0.3) is 0 Å². The average Bonchev–Trinajstić information content (AvgIpc) is 3.19. The van der Waals surface area contributed by atoms with Gasteiger partial charge in [0, 0.05) is 35.9 Å². The fraction of sp³-hybridized carbons (Fsp3) is 0.143. The topological polar surface area (TPSA) is 106 Å². The second-order valence-corrected chi connectivity index (χ2v) is 6.08. The van der Waals surface area contributed by atoms with Crippen LogP contribution in [0.1, 0.15) is 34.1 Å². The van der Waals surface area contributed by atoms with E-state index in [1.807, 2.05) is 0 Å². The van der Waals surface area contributed by atoms with Gasteiger partial charge in [-0.05, 0) is 25.2 Å². The first-order valence-corrected chi connectivity index (χ1v) is 8.30. The molecule has 0 atom stereocenters. The number of carbonyl (C=O) groups excluding carboxylic acids is 6. The van der Waals surface area contributed by atoms with Crippen LogP contribution < -0.4 is 0 Å². The third kappa shape index (κ3) is 4.91. The Morgan fingerprint density at radius 3 is 1.64 bits per heavy atom. The lowest BCUT2D eigenvalue weighted by atomic mass is 9.90. The maximum atomic E-state index is 11.5. The van der Waals surface area contributed by atoms with E-state index >= 15 is 0 Å². The van der Waals surface area contributed by atoms with Gasteiger partial charge < -0.3 is 0 Å². The molecule has 0 unspecified atom stereocenters. The molecule has 1 heterocycles. The normalized spacial score (nSPS) is 17.1. The molecular formula is C21H17NO6. The molecule has 7 nitrogen and oxygen atoms in total. The maximum absolute atomic E-state index is 11.5. The quantitative estimate of drug-likeness (QED) is 0.501. The lowest BCUT2D eigenvalue weighted by molar-refractivity contribution is -0.135. The maximum Gasteiger partial charge on any atom is 0.253 e. The molecule has 4 rings (SSSR count). The highest BCUT2D eigenvalue weighted by molar-refractivity contribution is 6.24. The van der Waals surface area contributed by atoms with Crippen LogP contribution in [0.5, 0.6) is 0 Å². The van der Waals surface area contributed by atoms with Crippen molar-refractivity contribution in [2.45, 2.75) is 13.3 Å². The molecular weight excluding hydrogens is 362 g/mol. The Morgan fingerprint density at radius 1 is 0.750 bits per heavy atom. The van der Waals surface area contributed by atoms with Gasteiger partial charge in [-0.25, -0.2) is 0 Å². The first kappa shape index (κ1) is 20.6. The number of hydrogen-bond acceptors (Lipinski definition) is 6. The number of carbonyl (C=O) groups is 6. The van der Waals surface area contributed by atoms with E-state index in [2.05, 4.69) is 0 Å². The van der Waals surface area contributed by atoms with Crippen LogP contribution in [-0.2, 0) is 19.2 Å². The summed E-state index contributed by atoms with van der Waals surface area (Å²) in [5.74, 6) is -0.761. The number of allylic oxidation sites excluding steroid dienone is 4. The number of fused-ring (bicyclic) bond motifs is 1. The smallest absolute Gasteiger partial charge is 0.253 e. The molecule has 0 bridgehead atoms. The van der Waals surface area contributed by atoms with Crippen molar-refractivity contribution in [3.63, 3.8) is 0 Å². The molecule has 1 aliphatic heterocycles. The number of hydrogen-bond donors (Lipinski definition) is 0. The Kier molecular flexibility index (Phi) is 6.44. The molecule has 1 aromatic rings. The second kappa shape index (κ2) is 8.77. The minimum absolute atomic E-state index is 0.0461. The van der Waals surface area contributed by atoms with Crippen molar-refractivity contribution < 1.29 is 28.8 Å². The van der Waals surface area contributed by atoms with Crippen molar-refractivity contribution in [2.75, 3.05) is 7.05 Å². The number of Topliss-reactive ketones (excluding diaryl/α,β-unsaturated/α-hetero) is 1. The predicted octanol–water partition coefficient (Wildman–Crippen LogP) is 1.64. The van der Waals surface area contributed by atoms with Crippen LogP contribution in [0.15, 0.2) is 60.2 Å². The van der Waals surface area contributed by atoms with Gasteiger partial charge in [-0.1, -0.05) is 24.3 Å². The van der Waals surface area contributed by atoms with Gasteiger partial charge in [-0.3, -0.25) is 33.7 Å². The number of ketones is 4. The zero-order valence-electron chi connectivity index (χ0n) is 15.3. The molecule has 7 heteroatoms. The summed E-state index contributed by atoms with van der Waals surface area (Å²) in [6.45, 7) is 1.66. The van der Waals surface area contributed by atoms with Gasteiger partial charge in [0.2, 0.25) is 0 Å². The lowest BCUT2D eigenvalue weighted by Gasteiger charge is -2.11. The first-order chi connectivity index (χ1) is 13.2. The van der Waals surface area contributed by atoms with E-state index in [1.165, 1.54) is 37.4 Å². The van der Waals surface area contributed by atoms with Gasteiger partial charge >= 0.3 is 0 Å². The van der Waals surface area contributed by atoms with Gasteiger partial charge in [0.05, 0.1) is 6.42 Å². The van der Waals surface area contributed by atoms with Crippen LogP contribution >= 0.6 is 0 Å². The molecule has 0 saturated heterocycles. The van der Waals surface area contributed by atoms with Crippen molar-refractivity contribution >= 4 is 34.9 Å². The number of nitrogens with zero attached hydrogens (tertiary/aromatic N) is 1. The minimum atomic E-state index is -0.241. The molecule has 0 saturated carbocycles. The summed E-state index contributed by atoms with van der Waals surface area (Å²) in [6.07, 6.45) is 6.60. The van der Waals surface area contributed by atoms with Crippen molar-refractivity contribution in [1.82, 2.24) is 4.90 Å². The fourth-order valence-electron chi connectivity index (χ4n) is 2.40. The Bertz CT molecular complexity index is 946. The SMILES string of the molecule is CC1=CC(=O)c2ccccc2C1=O.CN1C(=O)C=CC1=O.O=C1C=CC(=O)C1. The van der Waals surface area contributed by atoms with Gasteiger partial charge in [0.15, 0.2) is 23.1 Å². The van der Waals surface area contributed by atoms with E-state index < -0.39 is 0 Å². The molecule has 0 spiro atoms. The van der Waals surface area contributed by atoms with E-state index in [9.17, 15) is 28.8 Å². The van der Waals surface area contributed by atoms with Gasteiger partial charge in [0.1, 0.15) is 0 Å². The highest BCUT2D eigenvalue weighted by Crippen LogP contribution is 2.20. The molecule has 0 radical (unpaired) electrons. The number of rotatable bonds is 0. The highest BCUT2D eigenvalue weighted by atomic mass is 16.2. The zero-order valence-corrected chi connectivity index (χ0v) is 15.3. The highest BCUT2D eigenvalue weighted by Gasteiger charge is 2.21. The van der Waals surface area contributed by atoms with Crippen LogP contribution in [0, 0.1) is 0 Å². The Balaban J connectivity index is 0.000000161. The van der Waals surface area contributed by atoms with E-state index in [0.29, 0.717) is 16.7 Å². The van der Waals surface area contributed by atoms with Crippen LogP contribution in [0.2, 0.25) is 0 Å². The molecule has 0 aromatic heterocycles. The third-order valence-corrected chi connectivity index (χ3v) is 3.98. The van der Waals surface area contributed by atoms with Crippen molar-refractivity contribution in [1.29, 1.82) is 0 Å². The summed E-state index contributed by atoms with van der Waals surface area (Å²) in [5, 5.41) is 0. The first-order valence-electron chi connectivity index (χ1n) is 8.30. The van der Waals surface area contributed by atoms with Gasteiger partial charge in [-0.2, -0.15) is 0 Å². The minimum Gasteiger partial charge on any atom is -0.294 e. The summed E-state index contributed by atoms with van der Waals surface area (Å²) >= 11 is 0. The van der Waals surface area contributed by atoms with E-state index in [-0.39, 0.29) is 41.4 Å². The summed E-state index contributed by atoms with van der Waals surface area (Å²) in [7, 11) is 1.45. The molecule has 1 aromatic carbocycles. The molecule has 0 fully saturated rings. The van der Waals surface area contributed by atoms with Crippen LogP contribution in [0.4, 0.5) is 0 Å². The summed E-state index contributed by atoms with van der Waals surface area (Å²) < 4.78 is 0. The molecule has 28 heavy (non-hydrogen) atoms. The van der Waals surface area contributed by atoms with E-state index in [0.717, 1.165) is 4.90 Å². The Morgan fingerprint density at radius 2 is 1.25 bits per heavy atom. The van der Waals surface area contributed by atoms with Gasteiger partial charge in [0.25, 0.3) is 11.8 Å². The standard InChI is InChI=1S/C11H8O2.C5H5NO2.C5H4O2/c1-7-6-10(12)8-4-2-3-5-9(8)11(7)13;1-6-4(7)2-3-5(6)8;6-4-1-2-5(7)3-4/h2-6H,1H3;2-3H,1H3;1-2H,3H2. The molecule has 142 valence electrons. The number of imide groups is 1. The summed E-state index contributed by atoms with van der Waals surface area (Å²) in [4.78, 5) is 65.1. The monoisotopic (exact) mass is 379 g/mol. The Hall–Kier alpha value is -3.74. The average molecular weight is 379 g/mol. The van der Waals surface area contributed by atoms with Gasteiger partial charge in [-0.15, -0.1) is 0 Å². The Labute approximate surface area is 161 Å². The van der Waals surface area contributed by atoms with E-state index in [1.54, 1.807) is 31.2 Å². The predicted molar refractivity (Wildman–Crippen MR) is 99.5 cm³/mol. The number of amides is 2. The van der Waals surface area contributed by atoms with Crippen molar-refractivity contribution in [3.05, 3.63) is 71.3 Å². The van der Waals surface area contributed by atoms with Crippen molar-refractivity contribution in [3.8, 4) is 0 Å². The molecule has 3 aliphatic rings. The second-order valence-electron chi connectivity index (χ2n) is 6.08. The molecule has 2 aliphatic carbocycles. The fourth-order valence-corrected chi connectivity index (χ4v) is 2.40. The summed E-state index contributed by atoms with van der Waals surface area (Å²) in [6, 6.07) is 6.89. The van der Waals surface area contributed by atoms with Crippen LogP contribution in [0.3, 0.4) is 0 Å². The summed E-state index contributed by atoms with van der Waals surface area (Å²) in [5.41, 5.74) is 1.55.